The summed E-state index contributed by atoms with van der Waals surface area (Å²) in [7, 11) is 2.09. The molecule has 34 heavy (non-hydrogen) atoms. The number of rotatable bonds is 3. The second-order valence-electron chi connectivity index (χ2n) is 9.40. The van der Waals surface area contributed by atoms with Gasteiger partial charge in [-0.2, -0.15) is 0 Å². The lowest BCUT2D eigenvalue weighted by molar-refractivity contribution is 0.566. The minimum absolute atomic E-state index is 0.116. The van der Waals surface area contributed by atoms with Crippen molar-refractivity contribution in [3.63, 3.8) is 0 Å². The normalized spacial score (nSPS) is 21.2. The van der Waals surface area contributed by atoms with Crippen molar-refractivity contribution < 1.29 is 4.39 Å². The van der Waals surface area contributed by atoms with E-state index >= 15 is 0 Å². The molecular weight excluding hydrogens is 467 g/mol. The van der Waals surface area contributed by atoms with Crippen LogP contribution in [0.5, 0.6) is 0 Å². The number of hydrogen-bond donors (Lipinski definition) is 1. The molecule has 2 aromatic carbocycles. The number of benzene rings is 2. The molecule has 1 aromatic heterocycles. The van der Waals surface area contributed by atoms with Gasteiger partial charge in [0, 0.05) is 35.2 Å². The van der Waals surface area contributed by atoms with E-state index in [1.165, 1.54) is 17.7 Å². The minimum Gasteiger partial charge on any atom is -0.365 e. The van der Waals surface area contributed by atoms with Crippen LogP contribution in [0.25, 0.3) is 5.57 Å². The zero-order chi connectivity index (χ0) is 24.2. The highest BCUT2D eigenvalue weighted by Crippen LogP contribution is 2.47. The van der Waals surface area contributed by atoms with Crippen LogP contribution in [0.3, 0.4) is 0 Å². The highest BCUT2D eigenvalue weighted by molar-refractivity contribution is 7.80. The summed E-state index contributed by atoms with van der Waals surface area (Å²) in [6.45, 7) is 6.51. The molecule has 3 heterocycles. The maximum absolute atomic E-state index is 13.7. The first kappa shape index (κ1) is 22.8. The molecule has 0 saturated carbocycles. The van der Waals surface area contributed by atoms with Crippen molar-refractivity contribution in [1.29, 1.82) is 0 Å². The molecule has 2 atom stereocenters. The molecule has 3 aromatic rings. The third-order valence-corrected chi connectivity index (χ3v) is 7.50. The molecule has 7 heteroatoms. The van der Waals surface area contributed by atoms with Gasteiger partial charge >= 0.3 is 0 Å². The summed E-state index contributed by atoms with van der Waals surface area (Å²) in [6, 6.07) is 15.9. The van der Waals surface area contributed by atoms with Crippen LogP contribution >= 0.6 is 23.8 Å². The van der Waals surface area contributed by atoms with Crippen molar-refractivity contribution in [2.24, 2.45) is 0 Å². The number of hydrogen-bond acceptors (Lipinski definition) is 3. The topological polar surface area (TPSA) is 31.4 Å². The average molecular weight is 493 g/mol. The molecule has 0 spiro atoms. The zero-order valence-corrected chi connectivity index (χ0v) is 21.1. The molecule has 1 N–H and O–H groups in total. The van der Waals surface area contributed by atoms with E-state index in [0.29, 0.717) is 10.1 Å². The van der Waals surface area contributed by atoms with E-state index in [2.05, 4.69) is 55.2 Å². The summed E-state index contributed by atoms with van der Waals surface area (Å²) in [5, 5.41) is 4.64. The number of thiocarbonyl (C=S) groups is 1. The monoisotopic (exact) mass is 492 g/mol. The van der Waals surface area contributed by atoms with Crippen LogP contribution in [0.4, 0.5) is 15.8 Å². The third kappa shape index (κ3) is 3.75. The van der Waals surface area contributed by atoms with Gasteiger partial charge in [0.15, 0.2) is 5.11 Å². The molecule has 2 aliphatic rings. The fourth-order valence-corrected chi connectivity index (χ4v) is 5.58. The number of halogens is 2. The Bertz CT molecular complexity index is 1290. The first-order valence-electron chi connectivity index (χ1n) is 11.2. The molecule has 1 saturated heterocycles. The molecule has 0 radical (unpaired) electrons. The number of aromatic nitrogens is 1. The second-order valence-corrected chi connectivity index (χ2v) is 10.2. The number of allylic oxidation sites excluding steroid dienone is 1. The smallest absolute Gasteiger partial charge is 0.174 e. The SMILES string of the molecule is CC1=CC(C)(C)N(C)c2cc(Cl)c(C3C(c4ccccn4)NC(=S)N3c3ccc(F)cc3)cc21. The van der Waals surface area contributed by atoms with E-state index in [4.69, 9.17) is 23.8 Å². The molecule has 0 aliphatic carbocycles. The van der Waals surface area contributed by atoms with E-state index in [-0.39, 0.29) is 23.4 Å². The average Bonchev–Trinajstić information content (AvgIpc) is 3.15. The molecule has 5 rings (SSSR count). The molecule has 2 unspecified atom stereocenters. The lowest BCUT2D eigenvalue weighted by atomic mass is 9.86. The first-order valence-corrected chi connectivity index (χ1v) is 12.0. The van der Waals surface area contributed by atoms with E-state index < -0.39 is 0 Å². The van der Waals surface area contributed by atoms with Crippen LogP contribution in [0.1, 0.15) is 49.7 Å². The maximum atomic E-state index is 13.7. The van der Waals surface area contributed by atoms with Gasteiger partial charge in [-0.1, -0.05) is 23.7 Å². The number of pyridine rings is 1. The van der Waals surface area contributed by atoms with Gasteiger partial charge in [0.1, 0.15) is 5.82 Å². The fourth-order valence-electron chi connectivity index (χ4n) is 4.97. The van der Waals surface area contributed by atoms with Crippen LogP contribution in [-0.4, -0.2) is 22.7 Å². The second kappa shape index (κ2) is 8.36. The lowest BCUT2D eigenvalue weighted by Gasteiger charge is -2.41. The summed E-state index contributed by atoms with van der Waals surface area (Å²) in [5.74, 6) is -0.294. The fraction of sp³-hybridized carbons (Fsp3) is 0.259. The Hall–Kier alpha value is -2.96. The van der Waals surface area contributed by atoms with E-state index in [1.54, 1.807) is 18.3 Å². The van der Waals surface area contributed by atoms with E-state index in [9.17, 15) is 4.39 Å². The van der Waals surface area contributed by atoms with Gasteiger partial charge in [-0.15, -0.1) is 0 Å². The van der Waals surface area contributed by atoms with E-state index in [1.807, 2.05) is 29.2 Å². The summed E-state index contributed by atoms with van der Waals surface area (Å²) >= 11 is 12.8. The van der Waals surface area contributed by atoms with Gasteiger partial charge in [0.2, 0.25) is 0 Å². The van der Waals surface area contributed by atoms with Crippen molar-refractivity contribution in [3.8, 4) is 0 Å². The molecule has 2 aliphatic heterocycles. The van der Waals surface area contributed by atoms with Gasteiger partial charge in [0.05, 0.1) is 23.3 Å². The highest BCUT2D eigenvalue weighted by atomic mass is 35.5. The molecule has 1 fully saturated rings. The van der Waals surface area contributed by atoms with Crippen molar-refractivity contribution in [2.75, 3.05) is 16.8 Å². The highest BCUT2D eigenvalue weighted by Gasteiger charge is 2.42. The van der Waals surface area contributed by atoms with E-state index in [0.717, 1.165) is 28.2 Å². The Balaban J connectivity index is 1.70. The predicted molar refractivity (Wildman–Crippen MR) is 142 cm³/mol. The zero-order valence-electron chi connectivity index (χ0n) is 19.5. The van der Waals surface area contributed by atoms with Crippen LogP contribution in [0, 0.1) is 5.82 Å². The van der Waals surface area contributed by atoms with Crippen molar-refractivity contribution in [2.45, 2.75) is 38.4 Å². The van der Waals surface area contributed by atoms with Crippen molar-refractivity contribution in [1.82, 2.24) is 10.3 Å². The molecule has 4 nitrogen and oxygen atoms in total. The van der Waals surface area contributed by atoms with Crippen LogP contribution in [0.15, 0.2) is 66.9 Å². The Labute approximate surface area is 210 Å². The molecule has 174 valence electrons. The maximum Gasteiger partial charge on any atom is 0.174 e. The number of nitrogens with zero attached hydrogens (tertiary/aromatic N) is 3. The summed E-state index contributed by atoms with van der Waals surface area (Å²) < 4.78 is 13.7. The Morgan fingerprint density at radius 2 is 1.85 bits per heavy atom. The van der Waals surface area contributed by atoms with Crippen molar-refractivity contribution in [3.05, 3.63) is 94.5 Å². The number of fused-ring (bicyclic) bond motifs is 1. The lowest BCUT2D eigenvalue weighted by Crippen LogP contribution is -2.42. The number of likely N-dealkylation sites (N-methyl/N-ethyl adjacent to an activating group) is 1. The molecular formula is C27H26ClFN4S. The quantitative estimate of drug-likeness (QED) is 0.412. The number of nitrogens with one attached hydrogen (secondary N) is 1. The van der Waals surface area contributed by atoms with Crippen molar-refractivity contribution >= 4 is 45.9 Å². The first-order chi connectivity index (χ1) is 16.2. The van der Waals surface area contributed by atoms with Crippen LogP contribution in [0.2, 0.25) is 5.02 Å². The Kier molecular flexibility index (Phi) is 5.61. The summed E-state index contributed by atoms with van der Waals surface area (Å²) in [4.78, 5) is 8.86. The Morgan fingerprint density at radius 1 is 1.12 bits per heavy atom. The number of anilines is 2. The van der Waals surface area contributed by atoms with Gasteiger partial charge in [-0.3, -0.25) is 4.98 Å². The van der Waals surface area contributed by atoms with Gasteiger partial charge in [-0.05, 0) is 92.7 Å². The minimum atomic E-state index is -0.294. The van der Waals surface area contributed by atoms with Crippen LogP contribution < -0.4 is 15.1 Å². The summed E-state index contributed by atoms with van der Waals surface area (Å²) in [5.41, 5.74) is 5.91. The van der Waals surface area contributed by atoms with Gasteiger partial charge in [-0.25, -0.2) is 4.39 Å². The van der Waals surface area contributed by atoms with Crippen LogP contribution in [-0.2, 0) is 0 Å². The molecule has 0 amide bonds. The predicted octanol–water partition coefficient (Wildman–Crippen LogP) is 6.68. The van der Waals surface area contributed by atoms with Gasteiger partial charge in [0.25, 0.3) is 0 Å². The summed E-state index contributed by atoms with van der Waals surface area (Å²) in [6.07, 6.45) is 4.05. The van der Waals surface area contributed by atoms with Gasteiger partial charge < -0.3 is 15.1 Å². The molecule has 0 bridgehead atoms. The standard InChI is InChI=1S/C27H26ClFN4S/c1-16-15-27(2,3)32(4)23-14-21(28)20(13-19(16)23)25-24(22-7-5-6-12-30-22)31-26(34)33(25)18-10-8-17(29)9-11-18/h5-15,24-25H,1-4H3,(H,31,34). The largest absolute Gasteiger partial charge is 0.365 e. The third-order valence-electron chi connectivity index (χ3n) is 6.86. The Morgan fingerprint density at radius 3 is 2.53 bits per heavy atom.